The van der Waals surface area contributed by atoms with Crippen molar-refractivity contribution in [2.45, 2.75) is 13.0 Å². The van der Waals surface area contributed by atoms with Crippen LogP contribution in [0, 0.1) is 0 Å². The molecule has 3 N–H and O–H groups in total. The highest BCUT2D eigenvalue weighted by Crippen LogP contribution is 2.22. The molecule has 0 spiro atoms. The van der Waals surface area contributed by atoms with Crippen molar-refractivity contribution in [1.82, 2.24) is 10.2 Å². The van der Waals surface area contributed by atoms with Crippen LogP contribution in [0.4, 0.5) is 0 Å². The quantitative estimate of drug-likeness (QED) is 0.820. The molecular formula is C11H12ClN3. The molecule has 1 aromatic heterocycles. The molecule has 4 heteroatoms. The van der Waals surface area contributed by atoms with Crippen molar-refractivity contribution in [3.05, 3.63) is 41.0 Å². The molecule has 0 aliphatic heterocycles. The summed E-state index contributed by atoms with van der Waals surface area (Å²) >= 11 is 5.90. The van der Waals surface area contributed by atoms with Crippen molar-refractivity contribution in [3.8, 4) is 11.3 Å². The Hall–Kier alpha value is -1.32. The van der Waals surface area contributed by atoms with Gasteiger partial charge in [0.05, 0.1) is 11.4 Å². The molecule has 78 valence electrons. The third-order valence-electron chi connectivity index (χ3n) is 2.21. The second-order valence-corrected chi connectivity index (χ2v) is 3.94. The smallest absolute Gasteiger partial charge is 0.0924 e. The lowest BCUT2D eigenvalue weighted by atomic mass is 10.1. The van der Waals surface area contributed by atoms with Crippen molar-refractivity contribution >= 4 is 11.6 Å². The van der Waals surface area contributed by atoms with E-state index < -0.39 is 0 Å². The fraction of sp³-hybridized carbons (Fsp3) is 0.182. The van der Waals surface area contributed by atoms with E-state index in [0.717, 1.165) is 17.0 Å². The molecule has 0 saturated carbocycles. The van der Waals surface area contributed by atoms with E-state index in [1.165, 1.54) is 0 Å². The number of H-pyrrole nitrogens is 1. The van der Waals surface area contributed by atoms with Crippen molar-refractivity contribution < 1.29 is 0 Å². The molecule has 2 aromatic rings. The monoisotopic (exact) mass is 221 g/mol. The van der Waals surface area contributed by atoms with Gasteiger partial charge in [-0.1, -0.05) is 23.7 Å². The summed E-state index contributed by atoms with van der Waals surface area (Å²) in [5.41, 5.74) is 8.52. The molecule has 0 bridgehead atoms. The Balaban J connectivity index is 2.37. The van der Waals surface area contributed by atoms with Crippen LogP contribution in [0.25, 0.3) is 11.3 Å². The summed E-state index contributed by atoms with van der Waals surface area (Å²) in [6.07, 6.45) is 0. The van der Waals surface area contributed by atoms with Crippen LogP contribution in [-0.2, 0) is 0 Å². The van der Waals surface area contributed by atoms with Gasteiger partial charge in [-0.3, -0.25) is 5.10 Å². The molecule has 2 rings (SSSR count). The van der Waals surface area contributed by atoms with Crippen LogP contribution < -0.4 is 5.73 Å². The number of benzene rings is 1. The molecule has 1 unspecified atom stereocenters. The highest BCUT2D eigenvalue weighted by molar-refractivity contribution is 6.30. The van der Waals surface area contributed by atoms with Gasteiger partial charge in [-0.25, -0.2) is 0 Å². The van der Waals surface area contributed by atoms with E-state index in [1.54, 1.807) is 0 Å². The number of nitrogens with one attached hydrogen (secondary N) is 1. The van der Waals surface area contributed by atoms with Crippen LogP contribution in [0.2, 0.25) is 5.02 Å². The zero-order chi connectivity index (χ0) is 10.8. The third-order valence-corrected chi connectivity index (χ3v) is 2.44. The minimum atomic E-state index is -0.0366. The van der Waals surface area contributed by atoms with Crippen LogP contribution in [-0.4, -0.2) is 10.2 Å². The Morgan fingerprint density at radius 2 is 2.20 bits per heavy atom. The summed E-state index contributed by atoms with van der Waals surface area (Å²) in [7, 11) is 0. The molecule has 3 nitrogen and oxygen atoms in total. The van der Waals surface area contributed by atoms with Crippen LogP contribution in [0.1, 0.15) is 18.7 Å². The average Bonchev–Trinajstić information content (AvgIpc) is 2.66. The Labute approximate surface area is 93.3 Å². The number of nitrogens with two attached hydrogens (primary N) is 1. The van der Waals surface area contributed by atoms with Gasteiger partial charge in [-0.15, -0.1) is 0 Å². The highest BCUT2D eigenvalue weighted by atomic mass is 35.5. The minimum absolute atomic E-state index is 0.0366. The molecule has 0 amide bonds. The summed E-state index contributed by atoms with van der Waals surface area (Å²) in [5.74, 6) is 0. The topological polar surface area (TPSA) is 54.7 Å². The lowest BCUT2D eigenvalue weighted by Gasteiger charge is -1.98. The number of rotatable bonds is 2. The molecule has 0 aliphatic rings. The Bertz CT molecular complexity index is 462. The van der Waals surface area contributed by atoms with Gasteiger partial charge < -0.3 is 5.73 Å². The number of halogens is 1. The van der Waals surface area contributed by atoms with Gasteiger partial charge in [0.1, 0.15) is 0 Å². The summed E-state index contributed by atoms with van der Waals surface area (Å²) in [6, 6.07) is 9.49. The van der Waals surface area contributed by atoms with Gasteiger partial charge in [0.25, 0.3) is 0 Å². The third kappa shape index (κ3) is 2.19. The van der Waals surface area contributed by atoms with Crippen LogP contribution in [0.5, 0.6) is 0 Å². The van der Waals surface area contributed by atoms with Crippen LogP contribution in [0.3, 0.4) is 0 Å². The highest BCUT2D eigenvalue weighted by Gasteiger charge is 2.06. The van der Waals surface area contributed by atoms with Crippen molar-refractivity contribution in [3.63, 3.8) is 0 Å². The first-order valence-electron chi connectivity index (χ1n) is 4.73. The van der Waals surface area contributed by atoms with Gasteiger partial charge >= 0.3 is 0 Å². The lowest BCUT2D eigenvalue weighted by molar-refractivity contribution is 0.772. The summed E-state index contributed by atoms with van der Waals surface area (Å²) in [4.78, 5) is 0. The average molecular weight is 222 g/mol. The maximum atomic E-state index is 5.90. The van der Waals surface area contributed by atoms with Crippen molar-refractivity contribution in [2.75, 3.05) is 0 Å². The maximum absolute atomic E-state index is 5.90. The van der Waals surface area contributed by atoms with E-state index in [4.69, 9.17) is 17.3 Å². The molecule has 15 heavy (non-hydrogen) atoms. The van der Waals surface area contributed by atoms with E-state index in [0.29, 0.717) is 5.02 Å². The standard InChI is InChI=1S/C11H12ClN3/c1-7(13)10-6-11(15-14-10)8-3-2-4-9(12)5-8/h2-7H,13H2,1H3,(H,14,15). The second-order valence-electron chi connectivity index (χ2n) is 3.51. The summed E-state index contributed by atoms with van der Waals surface area (Å²) < 4.78 is 0. The SMILES string of the molecule is CC(N)c1cc(-c2cccc(Cl)c2)n[nH]1. The predicted octanol–water partition coefficient (Wildman–Crippen LogP) is 2.75. The van der Waals surface area contributed by atoms with E-state index in [2.05, 4.69) is 10.2 Å². The second kappa shape index (κ2) is 4.04. The number of aromatic nitrogens is 2. The van der Waals surface area contributed by atoms with Crippen molar-refractivity contribution in [1.29, 1.82) is 0 Å². The fourth-order valence-electron chi connectivity index (χ4n) is 1.37. The first-order valence-corrected chi connectivity index (χ1v) is 5.11. The molecule has 1 heterocycles. The molecule has 1 atom stereocenters. The first kappa shape index (κ1) is 10.2. The maximum Gasteiger partial charge on any atom is 0.0924 e. The summed E-state index contributed by atoms with van der Waals surface area (Å²) in [6.45, 7) is 1.91. The van der Waals surface area contributed by atoms with Gasteiger partial charge in [-0.2, -0.15) is 5.10 Å². The van der Waals surface area contributed by atoms with E-state index in [9.17, 15) is 0 Å². The van der Waals surface area contributed by atoms with Gasteiger partial charge in [0, 0.05) is 16.6 Å². The van der Waals surface area contributed by atoms with E-state index in [-0.39, 0.29) is 6.04 Å². The molecular weight excluding hydrogens is 210 g/mol. The van der Waals surface area contributed by atoms with Crippen LogP contribution in [0.15, 0.2) is 30.3 Å². The molecule has 0 saturated heterocycles. The van der Waals surface area contributed by atoms with Crippen molar-refractivity contribution in [2.24, 2.45) is 5.73 Å². The van der Waals surface area contributed by atoms with Gasteiger partial charge in [-0.05, 0) is 25.1 Å². The zero-order valence-electron chi connectivity index (χ0n) is 8.37. The lowest BCUT2D eigenvalue weighted by Crippen LogP contribution is -2.04. The Morgan fingerprint density at radius 1 is 1.40 bits per heavy atom. The zero-order valence-corrected chi connectivity index (χ0v) is 9.12. The molecule has 1 aromatic carbocycles. The first-order chi connectivity index (χ1) is 7.16. The number of nitrogens with zero attached hydrogens (tertiary/aromatic N) is 1. The van der Waals surface area contributed by atoms with Crippen LogP contribution >= 0.6 is 11.6 Å². The van der Waals surface area contributed by atoms with Gasteiger partial charge in [0.2, 0.25) is 0 Å². The largest absolute Gasteiger partial charge is 0.323 e. The number of hydrogen-bond donors (Lipinski definition) is 2. The summed E-state index contributed by atoms with van der Waals surface area (Å²) in [5, 5.41) is 7.80. The Kier molecular flexibility index (Phi) is 2.75. The van der Waals surface area contributed by atoms with Gasteiger partial charge in [0.15, 0.2) is 0 Å². The molecule has 0 radical (unpaired) electrons. The fourth-order valence-corrected chi connectivity index (χ4v) is 1.56. The Morgan fingerprint density at radius 3 is 2.80 bits per heavy atom. The molecule has 0 aliphatic carbocycles. The number of hydrogen-bond acceptors (Lipinski definition) is 2. The normalized spacial score (nSPS) is 12.7. The molecule has 0 fully saturated rings. The minimum Gasteiger partial charge on any atom is -0.323 e. The van der Waals surface area contributed by atoms with E-state index in [1.807, 2.05) is 37.3 Å². The number of aromatic amines is 1. The van der Waals surface area contributed by atoms with E-state index >= 15 is 0 Å². The predicted molar refractivity (Wildman–Crippen MR) is 61.6 cm³/mol.